The van der Waals surface area contributed by atoms with Crippen LogP contribution in [0.25, 0.3) is 0 Å². The van der Waals surface area contributed by atoms with Crippen LogP contribution in [0.5, 0.6) is 0 Å². The third-order valence-electron chi connectivity index (χ3n) is 0.417. The van der Waals surface area contributed by atoms with Gasteiger partial charge in [-0.25, -0.2) is 0 Å². The van der Waals surface area contributed by atoms with Crippen LogP contribution in [-0.4, -0.2) is 34.8 Å². The van der Waals surface area contributed by atoms with Gasteiger partial charge in [0.05, 0.1) is 0 Å². The van der Waals surface area contributed by atoms with E-state index in [2.05, 4.69) is 26.3 Å². The average molecular weight is 150 g/mol. The Hall–Kier alpha value is -0.0105. The summed E-state index contributed by atoms with van der Waals surface area (Å²) < 4.78 is 0.843. The summed E-state index contributed by atoms with van der Waals surface area (Å²) in [5.41, 5.74) is 0. The Kier molecular flexibility index (Phi) is 3.18. The van der Waals surface area contributed by atoms with Crippen LogP contribution in [0.1, 0.15) is 0 Å². The molecule has 0 aliphatic carbocycles. The van der Waals surface area contributed by atoms with E-state index in [-0.39, 0.29) is 0 Å². The van der Waals surface area contributed by atoms with Gasteiger partial charge in [-0.05, 0) is 0 Å². The molecule has 0 aliphatic heterocycles. The van der Waals surface area contributed by atoms with Crippen molar-refractivity contribution < 1.29 is 0 Å². The molecule has 0 bridgehead atoms. The molecular formula is C3H7N2Se. The molecule has 0 aromatic rings. The molecule has 0 aromatic carbocycles. The average Bonchev–Trinajstić information content (AvgIpc) is 1.65. The van der Waals surface area contributed by atoms with Crippen LogP contribution in [-0.2, 0) is 0 Å². The Morgan fingerprint density at radius 3 is 2.33 bits per heavy atom. The molecule has 2 nitrogen and oxygen atoms in total. The van der Waals surface area contributed by atoms with Crippen molar-refractivity contribution in [1.29, 1.82) is 0 Å². The zero-order valence-electron chi connectivity index (χ0n) is 3.86. The van der Waals surface area contributed by atoms with Gasteiger partial charge in [-0.3, -0.25) is 0 Å². The zero-order chi connectivity index (χ0) is 4.99. The monoisotopic (exact) mass is 151 g/mol. The summed E-state index contributed by atoms with van der Waals surface area (Å²) in [4.78, 5) is 3.76. The van der Waals surface area contributed by atoms with E-state index in [1.165, 1.54) is 0 Å². The van der Waals surface area contributed by atoms with Crippen LogP contribution in [0, 0.1) is 0 Å². The predicted molar refractivity (Wildman–Crippen MR) is 28.2 cm³/mol. The molecule has 0 fully saturated rings. The van der Waals surface area contributed by atoms with E-state index in [4.69, 9.17) is 0 Å². The molecular weight excluding hydrogens is 143 g/mol. The molecule has 3 heteroatoms. The summed E-state index contributed by atoms with van der Waals surface area (Å²) in [7, 11) is 3.54. The molecule has 0 spiro atoms. The summed E-state index contributed by atoms with van der Waals surface area (Å²) in [6.07, 6.45) is 0. The van der Waals surface area contributed by atoms with Crippen molar-refractivity contribution in [2.75, 3.05) is 14.1 Å². The molecule has 0 aliphatic rings. The third-order valence-corrected chi connectivity index (χ3v) is 1.23. The number of hydrogen-bond acceptors (Lipinski definition) is 1. The molecule has 1 radical (unpaired) electrons. The van der Waals surface area contributed by atoms with Crippen molar-refractivity contribution >= 4 is 20.7 Å². The second-order valence-corrected chi connectivity index (χ2v) is 1.59. The van der Waals surface area contributed by atoms with Gasteiger partial charge in [0.2, 0.25) is 0 Å². The predicted octanol–water partition coefficient (Wildman–Crippen LogP) is -0.640. The molecule has 1 N–H and O–H groups in total. The third kappa shape index (κ3) is 2.24. The molecule has 0 atom stereocenters. The Balaban J connectivity index is 3.22. The Morgan fingerprint density at radius 2 is 2.33 bits per heavy atom. The second kappa shape index (κ2) is 3.19. The van der Waals surface area contributed by atoms with Gasteiger partial charge in [0.15, 0.2) is 0 Å². The summed E-state index contributed by atoms with van der Waals surface area (Å²) in [6.45, 7) is 0. The molecule has 0 saturated carbocycles. The SMILES string of the molecule is CN=C([Se])NC. The molecule has 0 aromatic heterocycles. The van der Waals surface area contributed by atoms with E-state index in [9.17, 15) is 0 Å². The maximum absolute atomic E-state index is 3.76. The topological polar surface area (TPSA) is 24.4 Å². The van der Waals surface area contributed by atoms with Gasteiger partial charge in [0.1, 0.15) is 0 Å². The first kappa shape index (κ1) is 5.99. The van der Waals surface area contributed by atoms with Gasteiger partial charge in [-0.15, -0.1) is 0 Å². The van der Waals surface area contributed by atoms with E-state index in [1.54, 1.807) is 7.05 Å². The number of nitrogens with one attached hydrogen (secondary N) is 1. The summed E-state index contributed by atoms with van der Waals surface area (Å²) in [5.74, 6) is 0. The van der Waals surface area contributed by atoms with Gasteiger partial charge in [-0.2, -0.15) is 0 Å². The summed E-state index contributed by atoms with van der Waals surface area (Å²) >= 11 is 2.72. The van der Waals surface area contributed by atoms with E-state index >= 15 is 0 Å². The molecule has 0 unspecified atom stereocenters. The van der Waals surface area contributed by atoms with Crippen LogP contribution in [0.15, 0.2) is 4.99 Å². The van der Waals surface area contributed by atoms with Crippen molar-refractivity contribution in [3.05, 3.63) is 0 Å². The Labute approximate surface area is 45.8 Å². The molecule has 6 heavy (non-hydrogen) atoms. The second-order valence-electron chi connectivity index (χ2n) is 0.779. The Bertz CT molecular complexity index is 59.8. The molecule has 0 amide bonds. The van der Waals surface area contributed by atoms with Crippen molar-refractivity contribution in [2.45, 2.75) is 0 Å². The number of nitrogens with zero attached hydrogens (tertiary/aromatic N) is 1. The van der Waals surface area contributed by atoms with Crippen LogP contribution in [0.4, 0.5) is 0 Å². The standard InChI is InChI=1S/C3H7N2Se/c1-4-3(6)5-2/h1-2H3,(H,4,5). The Morgan fingerprint density at radius 1 is 1.83 bits per heavy atom. The first-order valence-corrected chi connectivity index (χ1v) is 2.48. The van der Waals surface area contributed by atoms with Crippen LogP contribution < -0.4 is 5.32 Å². The van der Waals surface area contributed by atoms with E-state index in [0.29, 0.717) is 0 Å². The number of amidine groups is 1. The van der Waals surface area contributed by atoms with E-state index in [1.807, 2.05) is 7.05 Å². The first-order chi connectivity index (χ1) is 2.81. The number of hydrogen-bond donors (Lipinski definition) is 1. The minimum absolute atomic E-state index is 0.843. The fraction of sp³-hybridized carbons (Fsp3) is 0.667. The van der Waals surface area contributed by atoms with E-state index < -0.39 is 0 Å². The van der Waals surface area contributed by atoms with Crippen molar-refractivity contribution in [3.63, 3.8) is 0 Å². The van der Waals surface area contributed by atoms with Crippen LogP contribution >= 0.6 is 0 Å². The molecule has 35 valence electrons. The van der Waals surface area contributed by atoms with Gasteiger partial charge in [0, 0.05) is 0 Å². The van der Waals surface area contributed by atoms with Crippen molar-refractivity contribution in [1.82, 2.24) is 5.32 Å². The first-order valence-electron chi connectivity index (χ1n) is 1.62. The molecule has 0 saturated heterocycles. The van der Waals surface area contributed by atoms with Gasteiger partial charge < -0.3 is 0 Å². The van der Waals surface area contributed by atoms with Crippen LogP contribution in [0.2, 0.25) is 0 Å². The zero-order valence-corrected chi connectivity index (χ0v) is 5.57. The molecule has 0 rings (SSSR count). The van der Waals surface area contributed by atoms with Gasteiger partial charge >= 0.3 is 45.2 Å². The molecule has 0 heterocycles. The van der Waals surface area contributed by atoms with Gasteiger partial charge in [-0.1, -0.05) is 0 Å². The van der Waals surface area contributed by atoms with Crippen molar-refractivity contribution in [2.24, 2.45) is 4.99 Å². The quantitative estimate of drug-likeness (QED) is 0.277. The van der Waals surface area contributed by atoms with E-state index in [0.717, 1.165) is 4.73 Å². The maximum atomic E-state index is 3.76. The normalized spacial score (nSPS) is 11.3. The van der Waals surface area contributed by atoms with Crippen molar-refractivity contribution in [3.8, 4) is 0 Å². The fourth-order valence-corrected chi connectivity index (χ4v) is 0.112. The number of rotatable bonds is 0. The minimum atomic E-state index is 0.843. The van der Waals surface area contributed by atoms with Crippen LogP contribution in [0.3, 0.4) is 0 Å². The fourth-order valence-electron chi connectivity index (χ4n) is 0.112. The number of aliphatic imine (C=N–C) groups is 1. The summed E-state index contributed by atoms with van der Waals surface area (Å²) in [6, 6.07) is 0. The summed E-state index contributed by atoms with van der Waals surface area (Å²) in [5, 5.41) is 2.81. The van der Waals surface area contributed by atoms with Gasteiger partial charge in [0.25, 0.3) is 0 Å².